The van der Waals surface area contributed by atoms with Gasteiger partial charge in [0.15, 0.2) is 5.54 Å². The zero-order valence-corrected chi connectivity index (χ0v) is 25.7. The molecule has 2 aromatic heterocycles. The van der Waals surface area contributed by atoms with Gasteiger partial charge in [-0.05, 0) is 71.3 Å². The van der Waals surface area contributed by atoms with Gasteiger partial charge in [-0.1, -0.05) is 43.3 Å². The maximum atomic E-state index is 16.3. The third-order valence-corrected chi connectivity index (χ3v) is 8.92. The van der Waals surface area contributed by atoms with Crippen molar-refractivity contribution in [2.45, 2.75) is 37.8 Å². The number of pyridine rings is 1. The molecule has 3 heterocycles. The summed E-state index contributed by atoms with van der Waals surface area (Å²) in [5.41, 5.74) is -0.858. The Bertz CT molecular complexity index is 1890. The summed E-state index contributed by atoms with van der Waals surface area (Å²) >= 11 is 0. The first-order chi connectivity index (χ1) is 22.5. The molecule has 1 aliphatic heterocycles. The summed E-state index contributed by atoms with van der Waals surface area (Å²) in [7, 11) is 0. The van der Waals surface area contributed by atoms with Crippen LogP contribution >= 0.6 is 0 Å². The molecule has 244 valence electrons. The monoisotopic (exact) mass is 647 g/mol. The van der Waals surface area contributed by atoms with Crippen LogP contribution < -0.4 is 15.5 Å². The SMILES string of the molecule is CCC(O)c1ccc(N2CCN(c3ccc(-c4ccc(C(F)(F)[C@@](C)(c5ccc(F)cc5F)n5nn[nH]c5=O)nc4)cc3)CC2)cc1. The van der Waals surface area contributed by atoms with Crippen LogP contribution in [-0.4, -0.2) is 56.5 Å². The predicted molar refractivity (Wildman–Crippen MR) is 169 cm³/mol. The summed E-state index contributed by atoms with van der Waals surface area (Å²) in [6, 6.07) is 20.5. The van der Waals surface area contributed by atoms with Crippen molar-refractivity contribution in [3.63, 3.8) is 0 Å². The number of aliphatic hydroxyl groups is 1. The molecular weight excluding hydrogens is 614 g/mol. The molecule has 0 amide bonds. The lowest BCUT2D eigenvalue weighted by Gasteiger charge is -2.37. The molecule has 0 radical (unpaired) electrons. The van der Waals surface area contributed by atoms with Gasteiger partial charge in [0, 0.05) is 60.9 Å². The summed E-state index contributed by atoms with van der Waals surface area (Å²) < 4.78 is 61.6. The van der Waals surface area contributed by atoms with Crippen molar-refractivity contribution in [3.05, 3.63) is 124 Å². The largest absolute Gasteiger partial charge is 0.388 e. The molecule has 6 rings (SSSR count). The Hall–Kier alpha value is -5.04. The van der Waals surface area contributed by atoms with Crippen LogP contribution in [0.15, 0.2) is 89.9 Å². The molecule has 5 aromatic rings. The van der Waals surface area contributed by atoms with E-state index in [1.54, 1.807) is 0 Å². The molecule has 1 fully saturated rings. The molecular formula is C34H33F4N7O2. The van der Waals surface area contributed by atoms with Crippen molar-refractivity contribution in [2.75, 3.05) is 36.0 Å². The summed E-state index contributed by atoms with van der Waals surface area (Å²) in [6.45, 7) is 6.16. The minimum atomic E-state index is -3.99. The second kappa shape index (κ2) is 12.6. The van der Waals surface area contributed by atoms with Crippen LogP contribution in [-0.2, 0) is 11.5 Å². The minimum absolute atomic E-state index is 0.339. The first kappa shape index (κ1) is 31.9. The van der Waals surface area contributed by atoms with E-state index in [1.165, 1.54) is 12.3 Å². The number of nitrogens with zero attached hydrogens (tertiary/aromatic N) is 6. The standard InChI is InChI=1S/C34H33F4N7O2/c1-3-30(46)23-6-12-27(13-7-23)44-18-16-43(17-19-44)26-10-4-22(5-11-26)24-8-15-31(39-21-24)34(37,38)33(2,45-32(47)40-41-42-45)28-14-9-25(35)20-29(28)36/h4-15,20-21,30,46H,3,16-19H2,1-2H3,(H,40,42,47)/t30?,33-/m1/s1. The number of aromatic nitrogens is 5. The third-order valence-electron chi connectivity index (χ3n) is 8.92. The van der Waals surface area contributed by atoms with Crippen molar-refractivity contribution in [3.8, 4) is 11.1 Å². The Balaban J connectivity index is 1.18. The normalized spacial score (nSPS) is 15.8. The molecule has 1 saturated heterocycles. The summed E-state index contributed by atoms with van der Waals surface area (Å²) in [4.78, 5) is 21.0. The molecule has 2 atom stereocenters. The van der Waals surface area contributed by atoms with Crippen molar-refractivity contribution >= 4 is 11.4 Å². The van der Waals surface area contributed by atoms with Gasteiger partial charge in [-0.25, -0.2) is 18.7 Å². The second-order valence-corrected chi connectivity index (χ2v) is 11.7. The number of halogens is 4. The zero-order valence-electron chi connectivity index (χ0n) is 25.7. The van der Waals surface area contributed by atoms with E-state index in [-0.39, 0.29) is 0 Å². The Morgan fingerprint density at radius 2 is 1.47 bits per heavy atom. The number of aromatic amines is 1. The van der Waals surface area contributed by atoms with Gasteiger partial charge in [0.25, 0.3) is 0 Å². The van der Waals surface area contributed by atoms with Gasteiger partial charge in [-0.15, -0.1) is 0 Å². The van der Waals surface area contributed by atoms with Gasteiger partial charge in [-0.3, -0.25) is 4.98 Å². The Morgan fingerprint density at radius 3 is 1.98 bits per heavy atom. The van der Waals surface area contributed by atoms with E-state index in [4.69, 9.17) is 0 Å². The summed E-state index contributed by atoms with van der Waals surface area (Å²) in [5.74, 6) is -6.23. The van der Waals surface area contributed by atoms with Gasteiger partial charge < -0.3 is 14.9 Å². The summed E-state index contributed by atoms with van der Waals surface area (Å²) in [6.07, 6.45) is 1.50. The third kappa shape index (κ3) is 5.86. The number of alkyl halides is 2. The number of hydrogen-bond acceptors (Lipinski definition) is 7. The summed E-state index contributed by atoms with van der Waals surface area (Å²) in [5, 5.41) is 18.8. The van der Waals surface area contributed by atoms with Crippen molar-refractivity contribution in [2.24, 2.45) is 0 Å². The molecule has 0 aliphatic carbocycles. The number of tetrazole rings is 1. The van der Waals surface area contributed by atoms with Crippen molar-refractivity contribution in [1.29, 1.82) is 0 Å². The van der Waals surface area contributed by atoms with Gasteiger partial charge >= 0.3 is 11.6 Å². The lowest BCUT2D eigenvalue weighted by Crippen LogP contribution is -2.52. The number of nitrogens with one attached hydrogen (secondary N) is 1. The number of rotatable bonds is 9. The fraction of sp³-hybridized carbons (Fsp3) is 0.294. The minimum Gasteiger partial charge on any atom is -0.388 e. The lowest BCUT2D eigenvalue weighted by atomic mass is 9.83. The maximum absolute atomic E-state index is 16.3. The maximum Gasteiger partial charge on any atom is 0.362 e. The Kier molecular flexibility index (Phi) is 8.58. The van der Waals surface area contributed by atoms with Crippen LogP contribution in [0, 0.1) is 11.6 Å². The molecule has 0 saturated carbocycles. The van der Waals surface area contributed by atoms with E-state index in [0.29, 0.717) is 22.7 Å². The fourth-order valence-corrected chi connectivity index (χ4v) is 6.02. The molecule has 0 bridgehead atoms. The van der Waals surface area contributed by atoms with Crippen LogP contribution in [0.2, 0.25) is 0 Å². The molecule has 0 spiro atoms. The zero-order chi connectivity index (χ0) is 33.3. The van der Waals surface area contributed by atoms with Crippen molar-refractivity contribution in [1.82, 2.24) is 25.2 Å². The number of H-pyrrole nitrogens is 1. The van der Waals surface area contributed by atoms with Gasteiger partial charge in [-0.2, -0.15) is 13.5 Å². The molecule has 2 N–H and O–H groups in total. The number of piperazine rings is 1. The highest BCUT2D eigenvalue weighted by molar-refractivity contribution is 5.66. The van der Waals surface area contributed by atoms with Crippen LogP contribution in [0.25, 0.3) is 11.1 Å². The highest BCUT2D eigenvalue weighted by atomic mass is 19.3. The molecule has 1 aliphatic rings. The van der Waals surface area contributed by atoms with E-state index in [0.717, 1.165) is 73.8 Å². The fourth-order valence-electron chi connectivity index (χ4n) is 6.02. The lowest BCUT2D eigenvalue weighted by molar-refractivity contribution is -0.104. The van der Waals surface area contributed by atoms with Gasteiger partial charge in [0.1, 0.15) is 17.3 Å². The second-order valence-electron chi connectivity index (χ2n) is 11.7. The van der Waals surface area contributed by atoms with Crippen LogP contribution in [0.4, 0.5) is 28.9 Å². The molecule has 47 heavy (non-hydrogen) atoms. The Labute approximate surface area is 268 Å². The van der Waals surface area contributed by atoms with Gasteiger partial charge in [0.05, 0.1) is 6.10 Å². The predicted octanol–water partition coefficient (Wildman–Crippen LogP) is 5.63. The molecule has 3 aromatic carbocycles. The van der Waals surface area contributed by atoms with E-state index in [2.05, 4.69) is 25.2 Å². The van der Waals surface area contributed by atoms with E-state index in [9.17, 15) is 18.7 Å². The van der Waals surface area contributed by atoms with Crippen LogP contribution in [0.3, 0.4) is 0 Å². The molecule has 1 unspecified atom stereocenters. The van der Waals surface area contributed by atoms with Crippen molar-refractivity contribution < 1.29 is 22.7 Å². The number of anilines is 2. The van der Waals surface area contributed by atoms with E-state index >= 15 is 8.78 Å². The van der Waals surface area contributed by atoms with Crippen LogP contribution in [0.1, 0.15) is 43.2 Å². The van der Waals surface area contributed by atoms with Gasteiger partial charge in [0.2, 0.25) is 0 Å². The average Bonchev–Trinajstić information content (AvgIpc) is 3.54. The van der Waals surface area contributed by atoms with E-state index in [1.807, 2.05) is 60.6 Å². The first-order valence-electron chi connectivity index (χ1n) is 15.2. The topological polar surface area (TPSA) is 103 Å². The van der Waals surface area contributed by atoms with E-state index < -0.39 is 46.1 Å². The number of hydrogen-bond donors (Lipinski definition) is 2. The highest BCUT2D eigenvalue weighted by Crippen LogP contribution is 2.47. The smallest absolute Gasteiger partial charge is 0.362 e. The first-order valence-corrected chi connectivity index (χ1v) is 15.2. The van der Waals surface area contributed by atoms with Crippen LogP contribution in [0.5, 0.6) is 0 Å². The molecule has 13 heteroatoms. The average molecular weight is 648 g/mol. The number of benzene rings is 3. The Morgan fingerprint density at radius 1 is 0.872 bits per heavy atom. The quantitative estimate of drug-likeness (QED) is 0.200. The molecule has 9 nitrogen and oxygen atoms in total. The number of aliphatic hydroxyl groups excluding tert-OH is 1. The highest BCUT2D eigenvalue weighted by Gasteiger charge is 2.58.